The number of rotatable bonds is 4. The molecule has 1 aliphatic rings. The average molecular weight is 259 g/mol. The number of hydrogen-bond acceptors (Lipinski definition) is 2. The summed E-state index contributed by atoms with van der Waals surface area (Å²) >= 11 is 0. The van der Waals surface area contributed by atoms with Crippen molar-refractivity contribution in [3.63, 3.8) is 0 Å². The summed E-state index contributed by atoms with van der Waals surface area (Å²) in [5, 5.41) is 0. The lowest BCUT2D eigenvalue weighted by Gasteiger charge is -2.34. The molecule has 0 saturated heterocycles. The summed E-state index contributed by atoms with van der Waals surface area (Å²) in [4.78, 5) is 14.9. The fourth-order valence-corrected chi connectivity index (χ4v) is 3.46. The molecule has 0 N–H and O–H groups in total. The SMILES string of the molecule is Cc1cc(C)cc(CC(=O)C2(N(C)C)CCCC2)c1. The molecule has 1 saturated carbocycles. The van der Waals surface area contributed by atoms with Gasteiger partial charge in [-0.05, 0) is 46.3 Å². The van der Waals surface area contributed by atoms with Gasteiger partial charge >= 0.3 is 0 Å². The molecule has 0 unspecified atom stereocenters. The van der Waals surface area contributed by atoms with Crippen LogP contribution in [0.4, 0.5) is 0 Å². The smallest absolute Gasteiger partial charge is 0.157 e. The number of nitrogens with zero attached hydrogens (tertiary/aromatic N) is 1. The zero-order chi connectivity index (χ0) is 14.0. The third kappa shape index (κ3) is 2.89. The number of carbonyl (C=O) groups is 1. The highest BCUT2D eigenvalue weighted by atomic mass is 16.1. The first kappa shape index (κ1) is 14.3. The largest absolute Gasteiger partial charge is 0.297 e. The van der Waals surface area contributed by atoms with Gasteiger partial charge in [0, 0.05) is 6.42 Å². The molecule has 0 amide bonds. The molecule has 0 aromatic heterocycles. The first-order valence-corrected chi connectivity index (χ1v) is 7.22. The highest BCUT2D eigenvalue weighted by Gasteiger charge is 2.42. The Labute approximate surface area is 116 Å². The molecule has 0 radical (unpaired) electrons. The van der Waals surface area contributed by atoms with Crippen LogP contribution in [0.5, 0.6) is 0 Å². The Morgan fingerprint density at radius 3 is 2.11 bits per heavy atom. The lowest BCUT2D eigenvalue weighted by Crippen LogP contribution is -2.49. The van der Waals surface area contributed by atoms with Crippen molar-refractivity contribution in [2.75, 3.05) is 14.1 Å². The first-order chi connectivity index (χ1) is 8.94. The van der Waals surface area contributed by atoms with Crippen molar-refractivity contribution in [1.82, 2.24) is 4.90 Å². The summed E-state index contributed by atoms with van der Waals surface area (Å²) in [6, 6.07) is 6.44. The molecule has 104 valence electrons. The van der Waals surface area contributed by atoms with Gasteiger partial charge in [0.2, 0.25) is 0 Å². The Balaban J connectivity index is 2.20. The van der Waals surface area contributed by atoms with Crippen molar-refractivity contribution in [1.29, 1.82) is 0 Å². The van der Waals surface area contributed by atoms with E-state index in [1.54, 1.807) is 0 Å². The molecule has 2 nitrogen and oxygen atoms in total. The van der Waals surface area contributed by atoms with Crippen molar-refractivity contribution in [2.24, 2.45) is 0 Å². The topological polar surface area (TPSA) is 20.3 Å². The van der Waals surface area contributed by atoms with Crippen molar-refractivity contribution < 1.29 is 4.79 Å². The minimum atomic E-state index is -0.211. The number of ketones is 1. The molecule has 2 heteroatoms. The zero-order valence-corrected chi connectivity index (χ0v) is 12.6. The van der Waals surface area contributed by atoms with Gasteiger partial charge in [-0.1, -0.05) is 42.2 Å². The third-order valence-electron chi connectivity index (χ3n) is 4.45. The molecular formula is C17H25NO. The summed E-state index contributed by atoms with van der Waals surface area (Å²) in [5.41, 5.74) is 3.44. The van der Waals surface area contributed by atoms with Gasteiger partial charge in [0.25, 0.3) is 0 Å². The molecule has 0 spiro atoms. The molecule has 0 bridgehead atoms. The van der Waals surface area contributed by atoms with E-state index in [9.17, 15) is 4.79 Å². The zero-order valence-electron chi connectivity index (χ0n) is 12.6. The van der Waals surface area contributed by atoms with E-state index in [4.69, 9.17) is 0 Å². The Kier molecular flexibility index (Phi) is 4.10. The van der Waals surface area contributed by atoms with E-state index in [0.717, 1.165) is 18.4 Å². The molecule has 1 aromatic rings. The van der Waals surface area contributed by atoms with Crippen LogP contribution >= 0.6 is 0 Å². The maximum atomic E-state index is 12.8. The van der Waals surface area contributed by atoms with E-state index in [2.05, 4.69) is 36.9 Å². The first-order valence-electron chi connectivity index (χ1n) is 7.22. The standard InChI is InChI=1S/C17H25NO/c1-13-9-14(2)11-15(10-13)12-16(19)17(18(3)4)7-5-6-8-17/h9-11H,5-8,12H2,1-4H3. The molecule has 1 aliphatic carbocycles. The van der Waals surface area contributed by atoms with E-state index < -0.39 is 0 Å². The van der Waals surface area contributed by atoms with Gasteiger partial charge in [-0.2, -0.15) is 0 Å². The van der Waals surface area contributed by atoms with Crippen LogP contribution in [0.15, 0.2) is 18.2 Å². The van der Waals surface area contributed by atoms with Gasteiger partial charge in [-0.25, -0.2) is 0 Å². The molecule has 0 aliphatic heterocycles. The Morgan fingerprint density at radius 1 is 1.11 bits per heavy atom. The summed E-state index contributed by atoms with van der Waals surface area (Å²) in [7, 11) is 4.09. The molecule has 0 atom stereocenters. The van der Waals surface area contributed by atoms with E-state index >= 15 is 0 Å². The highest BCUT2D eigenvalue weighted by Crippen LogP contribution is 2.35. The molecule has 2 rings (SSSR count). The van der Waals surface area contributed by atoms with Crippen LogP contribution in [0.2, 0.25) is 0 Å². The maximum absolute atomic E-state index is 12.8. The van der Waals surface area contributed by atoms with E-state index in [-0.39, 0.29) is 5.54 Å². The second-order valence-corrected chi connectivity index (χ2v) is 6.23. The lowest BCUT2D eigenvalue weighted by molar-refractivity contribution is -0.128. The normalized spacial score (nSPS) is 17.9. The Bertz CT molecular complexity index is 450. The van der Waals surface area contributed by atoms with Crippen molar-refractivity contribution in [3.8, 4) is 0 Å². The number of carbonyl (C=O) groups excluding carboxylic acids is 1. The van der Waals surface area contributed by atoms with Crippen LogP contribution in [-0.4, -0.2) is 30.3 Å². The number of benzene rings is 1. The van der Waals surface area contributed by atoms with Crippen LogP contribution in [0, 0.1) is 13.8 Å². The second kappa shape index (κ2) is 5.46. The number of aryl methyl sites for hydroxylation is 2. The van der Waals surface area contributed by atoms with E-state index in [0.29, 0.717) is 12.2 Å². The lowest BCUT2D eigenvalue weighted by atomic mass is 9.86. The predicted octanol–water partition coefficient (Wildman–Crippen LogP) is 3.29. The second-order valence-electron chi connectivity index (χ2n) is 6.23. The van der Waals surface area contributed by atoms with Gasteiger partial charge in [-0.15, -0.1) is 0 Å². The minimum absolute atomic E-state index is 0.211. The number of hydrogen-bond donors (Lipinski definition) is 0. The van der Waals surface area contributed by atoms with Crippen LogP contribution in [0.3, 0.4) is 0 Å². The minimum Gasteiger partial charge on any atom is -0.297 e. The summed E-state index contributed by atoms with van der Waals surface area (Å²) in [6.45, 7) is 4.19. The number of Topliss-reactive ketones (excluding diaryl/α,β-unsaturated/α-hetero) is 1. The Morgan fingerprint density at radius 2 is 1.63 bits per heavy atom. The highest BCUT2D eigenvalue weighted by molar-refractivity contribution is 5.90. The van der Waals surface area contributed by atoms with Gasteiger partial charge in [0.1, 0.15) is 0 Å². The molecule has 19 heavy (non-hydrogen) atoms. The van der Waals surface area contributed by atoms with Crippen molar-refractivity contribution in [3.05, 3.63) is 34.9 Å². The van der Waals surface area contributed by atoms with Crippen LogP contribution in [-0.2, 0) is 11.2 Å². The fraction of sp³-hybridized carbons (Fsp3) is 0.588. The fourth-order valence-electron chi connectivity index (χ4n) is 3.46. The number of likely N-dealkylation sites (N-methyl/N-ethyl adjacent to an activating group) is 1. The van der Waals surface area contributed by atoms with E-state index in [1.807, 2.05) is 14.1 Å². The molecule has 1 fully saturated rings. The van der Waals surface area contributed by atoms with Crippen molar-refractivity contribution >= 4 is 5.78 Å². The van der Waals surface area contributed by atoms with Gasteiger partial charge in [0.15, 0.2) is 5.78 Å². The monoisotopic (exact) mass is 259 g/mol. The summed E-state index contributed by atoms with van der Waals surface area (Å²) in [6.07, 6.45) is 4.96. The van der Waals surface area contributed by atoms with Crippen LogP contribution in [0.1, 0.15) is 42.4 Å². The van der Waals surface area contributed by atoms with Crippen LogP contribution in [0.25, 0.3) is 0 Å². The Hall–Kier alpha value is -1.15. The summed E-state index contributed by atoms with van der Waals surface area (Å²) in [5.74, 6) is 0.389. The molecule has 1 aromatic carbocycles. The third-order valence-corrected chi connectivity index (χ3v) is 4.45. The summed E-state index contributed by atoms with van der Waals surface area (Å²) < 4.78 is 0. The van der Waals surface area contributed by atoms with Gasteiger partial charge in [0.05, 0.1) is 5.54 Å². The molecule has 0 heterocycles. The van der Waals surface area contributed by atoms with Gasteiger partial charge in [-0.3, -0.25) is 9.69 Å². The average Bonchev–Trinajstić information content (AvgIpc) is 2.77. The van der Waals surface area contributed by atoms with E-state index in [1.165, 1.54) is 24.0 Å². The van der Waals surface area contributed by atoms with Gasteiger partial charge < -0.3 is 0 Å². The van der Waals surface area contributed by atoms with Crippen LogP contribution < -0.4 is 0 Å². The predicted molar refractivity (Wildman–Crippen MR) is 79.5 cm³/mol. The maximum Gasteiger partial charge on any atom is 0.157 e. The van der Waals surface area contributed by atoms with Crippen molar-refractivity contribution in [2.45, 2.75) is 51.5 Å². The molecular weight excluding hydrogens is 234 g/mol. The quantitative estimate of drug-likeness (QED) is 0.827.